The summed E-state index contributed by atoms with van der Waals surface area (Å²) in [6.45, 7) is 10.0. The van der Waals surface area contributed by atoms with E-state index in [1.165, 1.54) is 0 Å². The number of rotatable bonds is 5. The summed E-state index contributed by atoms with van der Waals surface area (Å²) >= 11 is 0. The van der Waals surface area contributed by atoms with Crippen LogP contribution >= 0.6 is 0 Å². The van der Waals surface area contributed by atoms with E-state index >= 15 is 0 Å². The van der Waals surface area contributed by atoms with Gasteiger partial charge in [0.15, 0.2) is 0 Å². The molecule has 0 aliphatic carbocycles. The zero-order valence-corrected chi connectivity index (χ0v) is 10.4. The van der Waals surface area contributed by atoms with E-state index in [1.54, 1.807) is 6.92 Å². The van der Waals surface area contributed by atoms with E-state index < -0.39 is 5.54 Å². The van der Waals surface area contributed by atoms with Crippen LogP contribution < -0.4 is 5.73 Å². The maximum atomic E-state index is 11.4. The predicted octanol–water partition coefficient (Wildman–Crippen LogP) is 1.47. The molecule has 90 valence electrons. The van der Waals surface area contributed by atoms with Crippen molar-refractivity contribution in [3.63, 3.8) is 0 Å². The Morgan fingerprint density at radius 1 is 1.20 bits per heavy atom. The molecule has 4 nitrogen and oxygen atoms in total. The molecule has 2 N–H and O–H groups in total. The van der Waals surface area contributed by atoms with E-state index in [0.29, 0.717) is 13.0 Å². The minimum absolute atomic E-state index is 0.205. The molecular formula is C11H23NO3. The maximum absolute atomic E-state index is 11.4. The second-order valence-electron chi connectivity index (χ2n) is 4.87. The lowest BCUT2D eigenvalue weighted by Crippen LogP contribution is -2.45. The van der Waals surface area contributed by atoms with E-state index in [1.807, 2.05) is 27.7 Å². The molecule has 0 rings (SSSR count). The molecule has 0 aromatic rings. The molecule has 0 bridgehead atoms. The third-order valence-corrected chi connectivity index (χ3v) is 2.05. The topological polar surface area (TPSA) is 61.6 Å². The Balaban J connectivity index is 3.74. The van der Waals surface area contributed by atoms with Gasteiger partial charge >= 0.3 is 5.97 Å². The van der Waals surface area contributed by atoms with Crippen molar-refractivity contribution in [2.75, 3.05) is 13.2 Å². The van der Waals surface area contributed by atoms with E-state index in [0.717, 1.165) is 0 Å². The standard InChI is InChI=1S/C11H23NO3/c1-6-11(5,12)9(13)14-7-8-15-10(2,3)4/h6-8,12H2,1-5H3. The van der Waals surface area contributed by atoms with Gasteiger partial charge in [-0.3, -0.25) is 4.79 Å². The Morgan fingerprint density at radius 3 is 2.13 bits per heavy atom. The highest BCUT2D eigenvalue weighted by Crippen LogP contribution is 2.08. The van der Waals surface area contributed by atoms with Crippen LogP contribution in [0.5, 0.6) is 0 Å². The highest BCUT2D eigenvalue weighted by molar-refractivity contribution is 5.79. The van der Waals surface area contributed by atoms with Gasteiger partial charge in [0.2, 0.25) is 0 Å². The van der Waals surface area contributed by atoms with Gasteiger partial charge in [0.1, 0.15) is 12.1 Å². The molecule has 4 heteroatoms. The Bertz CT molecular complexity index is 206. The summed E-state index contributed by atoms with van der Waals surface area (Å²) in [4.78, 5) is 11.4. The first kappa shape index (κ1) is 14.4. The highest BCUT2D eigenvalue weighted by Gasteiger charge is 2.27. The lowest BCUT2D eigenvalue weighted by atomic mass is 10.0. The number of ether oxygens (including phenoxy) is 2. The molecule has 0 aliphatic rings. The van der Waals surface area contributed by atoms with E-state index in [2.05, 4.69) is 0 Å². The van der Waals surface area contributed by atoms with Crippen LogP contribution in [-0.4, -0.2) is 30.3 Å². The molecule has 0 aliphatic heterocycles. The first-order chi connectivity index (χ1) is 6.69. The van der Waals surface area contributed by atoms with Crippen LogP contribution in [0, 0.1) is 0 Å². The molecule has 15 heavy (non-hydrogen) atoms. The van der Waals surface area contributed by atoms with Gasteiger partial charge < -0.3 is 15.2 Å². The van der Waals surface area contributed by atoms with E-state index in [9.17, 15) is 4.79 Å². The van der Waals surface area contributed by atoms with E-state index in [4.69, 9.17) is 15.2 Å². The summed E-state index contributed by atoms with van der Waals surface area (Å²) in [5.74, 6) is -0.373. The smallest absolute Gasteiger partial charge is 0.325 e. The number of hydrogen-bond acceptors (Lipinski definition) is 4. The summed E-state index contributed by atoms with van der Waals surface area (Å²) in [7, 11) is 0. The fraction of sp³-hybridized carbons (Fsp3) is 0.909. The first-order valence-electron chi connectivity index (χ1n) is 5.29. The van der Waals surface area contributed by atoms with Gasteiger partial charge in [-0.15, -0.1) is 0 Å². The molecule has 0 fully saturated rings. The van der Waals surface area contributed by atoms with Crippen molar-refractivity contribution >= 4 is 5.97 Å². The Kier molecular flexibility index (Phi) is 5.24. The Morgan fingerprint density at radius 2 is 1.73 bits per heavy atom. The zero-order chi connectivity index (χ0) is 12.1. The number of esters is 1. The van der Waals surface area contributed by atoms with Gasteiger partial charge in [-0.2, -0.15) is 0 Å². The fourth-order valence-corrected chi connectivity index (χ4v) is 0.791. The monoisotopic (exact) mass is 217 g/mol. The molecule has 0 aromatic carbocycles. The van der Waals surface area contributed by atoms with Crippen molar-refractivity contribution in [2.45, 2.75) is 52.2 Å². The van der Waals surface area contributed by atoms with Crippen molar-refractivity contribution in [3.05, 3.63) is 0 Å². The quantitative estimate of drug-likeness (QED) is 0.559. The molecule has 0 amide bonds. The molecule has 0 heterocycles. The minimum atomic E-state index is -0.887. The van der Waals surface area contributed by atoms with Crippen molar-refractivity contribution < 1.29 is 14.3 Å². The van der Waals surface area contributed by atoms with Crippen LogP contribution in [0.4, 0.5) is 0 Å². The van der Waals surface area contributed by atoms with Gasteiger partial charge in [-0.25, -0.2) is 0 Å². The zero-order valence-electron chi connectivity index (χ0n) is 10.4. The van der Waals surface area contributed by atoms with Crippen molar-refractivity contribution in [1.82, 2.24) is 0 Å². The number of carbonyl (C=O) groups is 1. The van der Waals surface area contributed by atoms with Gasteiger partial charge in [0, 0.05) is 0 Å². The SMILES string of the molecule is CCC(C)(N)C(=O)OCCOC(C)(C)C. The number of hydrogen-bond donors (Lipinski definition) is 1. The van der Waals surface area contributed by atoms with Crippen molar-refractivity contribution in [2.24, 2.45) is 5.73 Å². The Hall–Kier alpha value is -0.610. The van der Waals surface area contributed by atoms with Crippen LogP contribution in [0.3, 0.4) is 0 Å². The molecule has 0 radical (unpaired) electrons. The summed E-state index contributed by atoms with van der Waals surface area (Å²) < 4.78 is 10.4. The average molecular weight is 217 g/mol. The van der Waals surface area contributed by atoms with Gasteiger partial charge in [-0.1, -0.05) is 6.92 Å². The molecular weight excluding hydrogens is 194 g/mol. The molecule has 0 spiro atoms. The largest absolute Gasteiger partial charge is 0.462 e. The summed E-state index contributed by atoms with van der Waals surface area (Å²) in [5, 5.41) is 0. The molecule has 1 atom stereocenters. The second kappa shape index (κ2) is 5.47. The third-order valence-electron chi connectivity index (χ3n) is 2.05. The van der Waals surface area contributed by atoms with Crippen LogP contribution in [0.15, 0.2) is 0 Å². The lowest BCUT2D eigenvalue weighted by Gasteiger charge is -2.22. The van der Waals surface area contributed by atoms with Crippen LogP contribution in [0.25, 0.3) is 0 Å². The maximum Gasteiger partial charge on any atom is 0.325 e. The van der Waals surface area contributed by atoms with E-state index in [-0.39, 0.29) is 18.2 Å². The predicted molar refractivity (Wildman–Crippen MR) is 59.5 cm³/mol. The van der Waals surface area contributed by atoms with Gasteiger partial charge in [0.25, 0.3) is 0 Å². The Labute approximate surface area is 92.1 Å². The highest BCUT2D eigenvalue weighted by atomic mass is 16.6. The second-order valence-corrected chi connectivity index (χ2v) is 4.87. The normalized spacial score (nSPS) is 15.9. The van der Waals surface area contributed by atoms with Crippen LogP contribution in [0.2, 0.25) is 0 Å². The lowest BCUT2D eigenvalue weighted by molar-refractivity contribution is -0.152. The third kappa shape index (κ3) is 6.47. The van der Waals surface area contributed by atoms with Gasteiger partial charge in [0.05, 0.1) is 12.2 Å². The van der Waals surface area contributed by atoms with Crippen LogP contribution in [-0.2, 0) is 14.3 Å². The molecule has 1 unspecified atom stereocenters. The van der Waals surface area contributed by atoms with Crippen molar-refractivity contribution in [1.29, 1.82) is 0 Å². The average Bonchev–Trinajstić information content (AvgIpc) is 2.10. The first-order valence-corrected chi connectivity index (χ1v) is 5.29. The number of carbonyl (C=O) groups excluding carboxylic acids is 1. The van der Waals surface area contributed by atoms with Gasteiger partial charge in [-0.05, 0) is 34.1 Å². The fourth-order valence-electron chi connectivity index (χ4n) is 0.791. The molecule has 0 saturated heterocycles. The number of nitrogens with two attached hydrogens (primary N) is 1. The minimum Gasteiger partial charge on any atom is -0.462 e. The molecule has 0 aromatic heterocycles. The summed E-state index contributed by atoms with van der Waals surface area (Å²) in [6.07, 6.45) is 0.561. The summed E-state index contributed by atoms with van der Waals surface area (Å²) in [6, 6.07) is 0. The van der Waals surface area contributed by atoms with Crippen LogP contribution in [0.1, 0.15) is 41.0 Å². The summed E-state index contributed by atoms with van der Waals surface area (Å²) in [5.41, 5.74) is 4.62. The molecule has 0 saturated carbocycles. The van der Waals surface area contributed by atoms with Crippen molar-refractivity contribution in [3.8, 4) is 0 Å².